The summed E-state index contributed by atoms with van der Waals surface area (Å²) in [4.78, 5) is 37.3. The first-order valence-corrected chi connectivity index (χ1v) is 14.9. The molecule has 9 nitrogen and oxygen atoms in total. The van der Waals surface area contributed by atoms with Gasteiger partial charge in [0.05, 0.1) is 12.3 Å². The van der Waals surface area contributed by atoms with Gasteiger partial charge in [-0.3, -0.25) is 9.69 Å². The molecule has 9 heteroatoms. The van der Waals surface area contributed by atoms with Gasteiger partial charge in [0.2, 0.25) is 5.91 Å². The number of rotatable bonds is 11. The topological polar surface area (TPSA) is 92.9 Å². The number of amides is 3. The number of piperazine rings is 1. The normalized spacial score (nSPS) is 17.4. The Balaban J connectivity index is 1.37. The fraction of sp³-hybridized carbons (Fsp3) is 0.500. The zero-order valence-corrected chi connectivity index (χ0v) is 24.8. The molecule has 0 bridgehead atoms. The van der Waals surface area contributed by atoms with E-state index >= 15 is 0 Å². The number of benzene rings is 2. The molecule has 2 atom stereocenters. The fourth-order valence-corrected chi connectivity index (χ4v) is 5.72. The van der Waals surface area contributed by atoms with Gasteiger partial charge in [0.1, 0.15) is 11.8 Å². The first-order chi connectivity index (χ1) is 19.8. The monoisotopic (exact) mass is 560 g/mol. The third-order valence-electron chi connectivity index (χ3n) is 8.15. The first-order valence-electron chi connectivity index (χ1n) is 14.9. The number of hydrogen-bond donors (Lipinski definition) is 3. The van der Waals surface area contributed by atoms with Gasteiger partial charge in [-0.25, -0.2) is 4.79 Å². The molecule has 3 aromatic rings. The summed E-state index contributed by atoms with van der Waals surface area (Å²) in [5, 5.41) is 7.27. The highest BCUT2D eigenvalue weighted by Crippen LogP contribution is 2.32. The minimum absolute atomic E-state index is 0.200. The van der Waals surface area contributed by atoms with Crippen molar-refractivity contribution in [3.05, 3.63) is 59.8 Å². The molecule has 1 aromatic heterocycles. The van der Waals surface area contributed by atoms with Crippen LogP contribution in [0.2, 0.25) is 0 Å². The molecule has 1 aliphatic heterocycles. The van der Waals surface area contributed by atoms with Gasteiger partial charge in [0.25, 0.3) is 0 Å². The summed E-state index contributed by atoms with van der Waals surface area (Å²) < 4.78 is 5.85. The van der Waals surface area contributed by atoms with E-state index in [0.29, 0.717) is 31.1 Å². The van der Waals surface area contributed by atoms with Gasteiger partial charge in [0.15, 0.2) is 0 Å². The molecule has 2 fully saturated rings. The lowest BCUT2D eigenvalue weighted by Crippen LogP contribution is -2.56. The van der Waals surface area contributed by atoms with Crippen molar-refractivity contribution in [3.8, 4) is 5.75 Å². The van der Waals surface area contributed by atoms with Crippen LogP contribution in [-0.2, 0) is 11.3 Å². The molecule has 220 valence electrons. The highest BCUT2D eigenvalue weighted by Gasteiger charge is 2.33. The molecule has 0 radical (unpaired) electrons. The number of ether oxygens (including phenoxy) is 1. The molecule has 3 amide bonds. The largest absolute Gasteiger partial charge is 0.492 e. The Hall–Kier alpha value is -3.56. The van der Waals surface area contributed by atoms with Crippen molar-refractivity contribution in [1.29, 1.82) is 0 Å². The van der Waals surface area contributed by atoms with E-state index in [0.717, 1.165) is 54.1 Å². The average molecular weight is 561 g/mol. The number of para-hydroxylation sites is 1. The second-order valence-electron chi connectivity index (χ2n) is 11.7. The number of nitrogens with zero attached hydrogens (tertiary/aromatic N) is 3. The molecule has 41 heavy (non-hydrogen) atoms. The highest BCUT2D eigenvalue weighted by molar-refractivity contribution is 5.99. The number of fused-ring (bicyclic) bond motifs is 1. The Morgan fingerprint density at radius 1 is 1.10 bits per heavy atom. The molecule has 2 aromatic carbocycles. The van der Waals surface area contributed by atoms with Gasteiger partial charge in [-0.2, -0.15) is 0 Å². The predicted molar refractivity (Wildman–Crippen MR) is 163 cm³/mol. The Kier molecular flexibility index (Phi) is 9.15. The van der Waals surface area contributed by atoms with Gasteiger partial charge in [-0.15, -0.1) is 0 Å². The average Bonchev–Trinajstić information content (AvgIpc) is 3.67. The van der Waals surface area contributed by atoms with Crippen molar-refractivity contribution >= 4 is 28.5 Å². The van der Waals surface area contributed by atoms with Gasteiger partial charge >= 0.3 is 6.03 Å². The number of aromatic nitrogens is 1. The minimum Gasteiger partial charge on any atom is -0.492 e. The Morgan fingerprint density at radius 2 is 1.85 bits per heavy atom. The Bertz CT molecular complexity index is 1340. The van der Waals surface area contributed by atoms with Crippen molar-refractivity contribution < 1.29 is 14.3 Å². The number of hydrogen-bond acceptors (Lipinski definition) is 5. The van der Waals surface area contributed by atoms with E-state index in [1.54, 1.807) is 0 Å². The van der Waals surface area contributed by atoms with Crippen LogP contribution in [-0.4, -0.2) is 91.1 Å². The van der Waals surface area contributed by atoms with Crippen LogP contribution in [0.1, 0.15) is 43.7 Å². The van der Waals surface area contributed by atoms with Gasteiger partial charge in [0, 0.05) is 62.3 Å². The number of aromatic amines is 1. The summed E-state index contributed by atoms with van der Waals surface area (Å²) in [5.74, 6) is 0.886. The summed E-state index contributed by atoms with van der Waals surface area (Å²) in [6.07, 6.45) is 4.60. The minimum atomic E-state index is -0.793. The molecule has 1 aliphatic carbocycles. The van der Waals surface area contributed by atoms with Crippen molar-refractivity contribution in [3.63, 3.8) is 0 Å². The SMILES string of the molecule is CCOc1ccc(CN(C)C)cc1NC(=O)[C@H](NC(=O)N1CCN(CC2CC2)CC1)[C@@H](C)c1c[nH]c2ccccc12. The van der Waals surface area contributed by atoms with Crippen molar-refractivity contribution in [2.45, 2.75) is 45.2 Å². The zero-order chi connectivity index (χ0) is 28.9. The van der Waals surface area contributed by atoms with E-state index in [2.05, 4.69) is 25.4 Å². The van der Waals surface area contributed by atoms with Crippen molar-refractivity contribution in [2.24, 2.45) is 5.92 Å². The Morgan fingerprint density at radius 3 is 2.56 bits per heavy atom. The van der Waals surface area contributed by atoms with Crippen LogP contribution >= 0.6 is 0 Å². The van der Waals surface area contributed by atoms with Crippen LogP contribution in [0.3, 0.4) is 0 Å². The van der Waals surface area contributed by atoms with Crippen LogP contribution in [0, 0.1) is 5.92 Å². The number of anilines is 1. The molecular weight excluding hydrogens is 516 g/mol. The second kappa shape index (κ2) is 13.0. The van der Waals surface area contributed by atoms with Gasteiger partial charge in [-0.05, 0) is 69.1 Å². The van der Waals surface area contributed by atoms with Crippen LogP contribution in [0.4, 0.5) is 10.5 Å². The molecular formula is C32H44N6O3. The van der Waals surface area contributed by atoms with Gasteiger partial charge < -0.3 is 30.2 Å². The van der Waals surface area contributed by atoms with Crippen LogP contribution in [0.15, 0.2) is 48.7 Å². The molecule has 1 saturated heterocycles. The summed E-state index contributed by atoms with van der Waals surface area (Å²) in [5.41, 5.74) is 3.65. The summed E-state index contributed by atoms with van der Waals surface area (Å²) >= 11 is 0. The lowest BCUT2D eigenvalue weighted by atomic mass is 9.92. The second-order valence-corrected chi connectivity index (χ2v) is 11.7. The van der Waals surface area contributed by atoms with E-state index in [9.17, 15) is 9.59 Å². The summed E-state index contributed by atoms with van der Waals surface area (Å²) in [7, 11) is 4.02. The maximum Gasteiger partial charge on any atom is 0.318 e. The van der Waals surface area contributed by atoms with E-state index in [1.165, 1.54) is 12.8 Å². The quantitative estimate of drug-likeness (QED) is 0.322. The van der Waals surface area contributed by atoms with Crippen LogP contribution in [0.5, 0.6) is 5.75 Å². The van der Waals surface area contributed by atoms with Gasteiger partial charge in [-0.1, -0.05) is 31.2 Å². The lowest BCUT2D eigenvalue weighted by molar-refractivity contribution is -0.118. The third kappa shape index (κ3) is 7.21. The van der Waals surface area contributed by atoms with E-state index in [4.69, 9.17) is 4.74 Å². The summed E-state index contributed by atoms with van der Waals surface area (Å²) in [6.45, 7) is 9.33. The smallest absolute Gasteiger partial charge is 0.318 e. The molecule has 5 rings (SSSR count). The molecule has 2 heterocycles. The Labute approximate surface area is 243 Å². The fourth-order valence-electron chi connectivity index (χ4n) is 5.72. The molecule has 1 saturated carbocycles. The zero-order valence-electron chi connectivity index (χ0n) is 24.8. The number of carbonyl (C=O) groups is 2. The van der Waals surface area contributed by atoms with Crippen LogP contribution in [0.25, 0.3) is 10.9 Å². The van der Waals surface area contributed by atoms with E-state index in [-0.39, 0.29) is 17.9 Å². The van der Waals surface area contributed by atoms with Crippen molar-refractivity contribution in [2.75, 3.05) is 58.7 Å². The number of H-pyrrole nitrogens is 1. The standard InChI is InChI=1S/C32H44N6O3/c1-5-41-29-13-12-24(20-36(3)4)18-28(29)34-31(39)30(22(2)26-19-33-27-9-7-6-8-25(26)27)35-32(40)38-16-14-37(15-17-38)21-23-10-11-23/h6-9,12-13,18-19,22-23,30,33H,5,10-11,14-17,20-21H2,1-4H3,(H,34,39)(H,35,40)/t22-,30+/m0/s1. The maximum atomic E-state index is 14.0. The highest BCUT2D eigenvalue weighted by atomic mass is 16.5. The first kappa shape index (κ1) is 29.0. The number of urea groups is 1. The number of nitrogens with one attached hydrogen (secondary N) is 3. The molecule has 2 aliphatic rings. The molecule has 3 N–H and O–H groups in total. The molecule has 0 spiro atoms. The third-order valence-corrected chi connectivity index (χ3v) is 8.15. The maximum absolute atomic E-state index is 14.0. The lowest BCUT2D eigenvalue weighted by Gasteiger charge is -2.36. The van der Waals surface area contributed by atoms with E-state index in [1.807, 2.05) is 81.5 Å². The van der Waals surface area contributed by atoms with E-state index < -0.39 is 6.04 Å². The van der Waals surface area contributed by atoms with Crippen molar-refractivity contribution in [1.82, 2.24) is 25.0 Å². The summed E-state index contributed by atoms with van der Waals surface area (Å²) in [6, 6.07) is 12.9. The number of carbonyl (C=O) groups excluding carboxylic acids is 2. The predicted octanol–water partition coefficient (Wildman–Crippen LogP) is 4.48. The molecule has 0 unspecified atom stereocenters. The van der Waals surface area contributed by atoms with Crippen LogP contribution < -0.4 is 15.4 Å².